The van der Waals surface area contributed by atoms with Gasteiger partial charge in [-0.05, 0) is 36.8 Å². The summed E-state index contributed by atoms with van der Waals surface area (Å²) >= 11 is 0. The van der Waals surface area contributed by atoms with Gasteiger partial charge in [-0.25, -0.2) is 0 Å². The molecule has 268 valence electrons. The zero-order valence-electron chi connectivity index (χ0n) is 28.3. The fourth-order valence-electron chi connectivity index (χ4n) is 7.65. The molecule has 2 aliphatic heterocycles. The van der Waals surface area contributed by atoms with Crippen LogP contribution < -0.4 is 0 Å². The van der Waals surface area contributed by atoms with Crippen LogP contribution in [0.5, 0.6) is 0 Å². The molecule has 2 saturated heterocycles. The summed E-state index contributed by atoms with van der Waals surface area (Å²) in [6.45, 7) is 0. The fourth-order valence-corrected chi connectivity index (χ4v) is 8.45. The summed E-state index contributed by atoms with van der Waals surface area (Å²) in [6, 6.07) is 20.3. The Morgan fingerprint density at radius 3 is 1.42 bits per heavy atom. The number of carbonyl (C=O) groups is 2. The van der Waals surface area contributed by atoms with Gasteiger partial charge in [0.1, 0.15) is 12.2 Å². The molecule has 14 atom stereocenters. The largest absolute Gasteiger partial charge is 0.462 e. The van der Waals surface area contributed by atoms with Gasteiger partial charge in [-0.3, -0.25) is 9.59 Å². The molecule has 0 aromatic heterocycles. The minimum absolute atomic E-state index is 0.0145. The summed E-state index contributed by atoms with van der Waals surface area (Å²) < 4.78 is 22.7. The van der Waals surface area contributed by atoms with E-state index >= 15 is 0 Å². The quantitative estimate of drug-likeness (QED) is 0.117. The van der Waals surface area contributed by atoms with Crippen LogP contribution in [0.3, 0.4) is 0 Å². The molecule has 6 rings (SSSR count). The second-order valence-corrected chi connectivity index (χ2v) is 17.8. The molecule has 0 bridgehead atoms. The maximum absolute atomic E-state index is 11.6. The van der Waals surface area contributed by atoms with Crippen LogP contribution in [0.15, 0.2) is 85.0 Å². The number of aliphatic hydroxyl groups excluding tert-OH is 2. The number of esters is 2. The summed E-state index contributed by atoms with van der Waals surface area (Å²) in [5, 5.41) is 20.6. The lowest BCUT2D eigenvalue weighted by Gasteiger charge is -2.22. The maximum Gasteiger partial charge on any atom is 0.336 e. The molecular weight excluding hydrogens is 706 g/mol. The number of hydrogen-bond acceptors (Lipinski definition) is 8. The van der Waals surface area contributed by atoms with Crippen LogP contribution in [0.2, 0.25) is 0 Å². The Kier molecular flexibility index (Phi) is 15.6. The summed E-state index contributed by atoms with van der Waals surface area (Å²) in [5.41, 5.74) is 2.45. The molecule has 0 spiro atoms. The number of ether oxygens (including phenoxy) is 2. The zero-order valence-corrected chi connectivity index (χ0v) is 32.9. The predicted octanol–water partition coefficient (Wildman–Crippen LogP) is 5.22. The number of benzene rings is 2. The van der Waals surface area contributed by atoms with E-state index in [0.717, 1.165) is 25.7 Å². The third-order valence-corrected chi connectivity index (χ3v) is 10.6. The Bertz CT molecular complexity index is 1330. The highest BCUT2D eigenvalue weighted by Crippen LogP contribution is 2.45. The van der Waals surface area contributed by atoms with Crippen molar-refractivity contribution in [2.75, 3.05) is 0 Å². The van der Waals surface area contributed by atoms with E-state index in [1.165, 1.54) is 11.1 Å². The van der Waals surface area contributed by atoms with Crippen LogP contribution in [0.4, 0.5) is 0 Å². The number of hydrogen-bond donors (Lipinski definition) is 2. The second-order valence-electron chi connectivity index (χ2n) is 13.7. The number of rotatable bonds is 14. The van der Waals surface area contributed by atoms with Gasteiger partial charge in [0, 0.05) is 36.5 Å². The van der Waals surface area contributed by atoms with E-state index in [1.807, 2.05) is 60.7 Å². The van der Waals surface area contributed by atoms with Gasteiger partial charge in [-0.2, -0.15) is 0 Å². The van der Waals surface area contributed by atoms with Gasteiger partial charge in [0.25, 0.3) is 0 Å². The van der Waals surface area contributed by atoms with Gasteiger partial charge in [0.05, 0.1) is 37.3 Å². The first-order chi connectivity index (χ1) is 24.0. The van der Waals surface area contributed by atoms with E-state index in [1.54, 1.807) is 0 Å². The average Bonchev–Trinajstić information content (AvgIpc) is 3.80. The van der Waals surface area contributed by atoms with E-state index in [2.05, 4.69) is 60.7 Å². The lowest BCUT2D eigenvalue weighted by molar-refractivity contribution is -0.142. The highest BCUT2D eigenvalue weighted by atomic mass is 31.1. The molecule has 4 fully saturated rings. The molecule has 4 unspecified atom stereocenters. The Morgan fingerprint density at radius 1 is 0.680 bits per heavy atom. The van der Waals surface area contributed by atoms with Crippen molar-refractivity contribution >= 4 is 61.1 Å². The summed E-state index contributed by atoms with van der Waals surface area (Å²) in [6.07, 6.45) is 12.0. The Morgan fingerprint density at radius 2 is 1.06 bits per heavy atom. The molecule has 2 N–H and O–H groups in total. The fraction of sp³-hybridized carbons (Fsp3) is 0.500. The molecular formula is C36H50B2O8P4. The molecule has 2 aliphatic carbocycles. The summed E-state index contributed by atoms with van der Waals surface area (Å²) in [7, 11) is 10.4. The van der Waals surface area contributed by atoms with Crippen LogP contribution in [-0.4, -0.2) is 71.5 Å². The average molecular weight is 756 g/mol. The standard InChI is InChI=1S/2C18H25BO4P2/c2*20-13(7-6-12-4-2-1-3-5-12)8-9-14-15-10-18(21)22-16(15)11-17(14)23-19(24)25/h2*1-5,8-9,13-17,20H,6-7,10-11,24-25H2/b2*9-8+/t13-,14+,15+,16-,17+;13-,14-,15-,16+,17-/m01/s1. The Labute approximate surface area is 306 Å². The van der Waals surface area contributed by atoms with Crippen molar-refractivity contribution < 1.29 is 38.6 Å². The van der Waals surface area contributed by atoms with Crippen LogP contribution in [0, 0.1) is 23.7 Å². The van der Waals surface area contributed by atoms with E-state index in [-0.39, 0.29) is 72.7 Å². The van der Waals surface area contributed by atoms with Crippen molar-refractivity contribution in [1.82, 2.24) is 0 Å². The van der Waals surface area contributed by atoms with Gasteiger partial charge < -0.3 is 29.0 Å². The van der Waals surface area contributed by atoms with Gasteiger partial charge in [0.2, 0.25) is 0 Å². The minimum Gasteiger partial charge on any atom is -0.462 e. The number of carbonyl (C=O) groups excluding carboxylic acids is 2. The lowest BCUT2D eigenvalue weighted by Crippen LogP contribution is -2.24. The van der Waals surface area contributed by atoms with E-state index in [9.17, 15) is 19.8 Å². The molecule has 0 amide bonds. The smallest absolute Gasteiger partial charge is 0.336 e. The van der Waals surface area contributed by atoms with E-state index < -0.39 is 12.2 Å². The minimum atomic E-state index is -0.499. The maximum atomic E-state index is 11.6. The molecule has 4 aliphatic rings. The number of fused-ring (bicyclic) bond motifs is 2. The molecule has 8 nitrogen and oxygen atoms in total. The van der Waals surface area contributed by atoms with Crippen molar-refractivity contribution in [2.24, 2.45) is 23.7 Å². The van der Waals surface area contributed by atoms with Crippen molar-refractivity contribution in [2.45, 2.75) is 88.0 Å². The third-order valence-electron chi connectivity index (χ3n) is 10.0. The van der Waals surface area contributed by atoms with Crippen molar-refractivity contribution in [1.29, 1.82) is 0 Å². The SMILES string of the molecule is O=C1C[C@@H]2[C@@H](/C=C/[C@@H](O)CCc3ccccc3)[C@H](OB(P)P)C[C@@H]2O1.O=C1C[C@@H]2[C@@H](/C=C/[C@H](O)CCc3ccccc3)[C@H](OB(P)P)C[C@@H]2O1. The molecule has 0 radical (unpaired) electrons. The van der Waals surface area contributed by atoms with Crippen LogP contribution >= 0.6 is 36.5 Å². The zero-order chi connectivity index (χ0) is 35.6. The highest BCUT2D eigenvalue weighted by molar-refractivity contribution is 7.92. The van der Waals surface area contributed by atoms with Crippen LogP contribution in [0.25, 0.3) is 0 Å². The van der Waals surface area contributed by atoms with Crippen molar-refractivity contribution in [3.05, 3.63) is 96.1 Å². The molecule has 2 aromatic rings. The van der Waals surface area contributed by atoms with Gasteiger partial charge >= 0.3 is 24.6 Å². The Balaban J connectivity index is 0.000000194. The van der Waals surface area contributed by atoms with Gasteiger partial charge in [0.15, 0.2) is 0 Å². The monoisotopic (exact) mass is 756 g/mol. The first-order valence-corrected chi connectivity index (χ1v) is 20.2. The molecule has 2 heterocycles. The number of aryl methyl sites for hydroxylation is 2. The molecule has 2 saturated carbocycles. The first kappa shape index (κ1) is 39.8. The van der Waals surface area contributed by atoms with Crippen molar-refractivity contribution in [3.63, 3.8) is 0 Å². The summed E-state index contributed by atoms with van der Waals surface area (Å²) in [5.74, 6) is 0.278. The topological polar surface area (TPSA) is 112 Å². The van der Waals surface area contributed by atoms with Crippen molar-refractivity contribution in [3.8, 4) is 0 Å². The van der Waals surface area contributed by atoms with Crippen LogP contribution in [0.1, 0.15) is 49.7 Å². The third kappa shape index (κ3) is 11.8. The van der Waals surface area contributed by atoms with Gasteiger partial charge in [-0.15, -0.1) is 36.5 Å². The summed E-state index contributed by atoms with van der Waals surface area (Å²) in [4.78, 5) is 23.2. The second kappa shape index (κ2) is 19.6. The predicted molar refractivity (Wildman–Crippen MR) is 212 cm³/mol. The molecule has 2 aromatic carbocycles. The Hall–Kier alpha value is -1.45. The number of aliphatic hydroxyl groups is 2. The molecule has 14 heteroatoms. The lowest BCUT2D eigenvalue weighted by atomic mass is 9.91. The van der Waals surface area contributed by atoms with E-state index in [4.69, 9.17) is 18.8 Å². The van der Waals surface area contributed by atoms with Crippen LogP contribution in [-0.2, 0) is 41.2 Å². The first-order valence-electron chi connectivity index (χ1n) is 17.6. The van der Waals surface area contributed by atoms with Gasteiger partial charge in [-0.1, -0.05) is 85.0 Å². The highest BCUT2D eigenvalue weighted by Gasteiger charge is 2.50. The normalized spacial score (nSPS) is 29.6. The molecule has 50 heavy (non-hydrogen) atoms. The van der Waals surface area contributed by atoms with E-state index in [0.29, 0.717) is 25.7 Å².